The zero-order valence-corrected chi connectivity index (χ0v) is 16.7. The SMILES string of the molecule is CCOC(=O)C#Cc1ccc(-c2nc3ccccn3c2-c2onc(C)c2[N+](=O)[O-])cc1. The highest BCUT2D eigenvalue weighted by molar-refractivity contribution is 5.89. The van der Waals surface area contributed by atoms with Crippen molar-refractivity contribution in [1.29, 1.82) is 0 Å². The van der Waals surface area contributed by atoms with Gasteiger partial charge in [-0.2, -0.15) is 0 Å². The van der Waals surface area contributed by atoms with Gasteiger partial charge in [0.15, 0.2) is 5.69 Å². The van der Waals surface area contributed by atoms with Gasteiger partial charge in [0.25, 0.3) is 5.76 Å². The minimum absolute atomic E-state index is 0.0300. The zero-order chi connectivity index (χ0) is 22.0. The molecule has 0 unspecified atom stereocenters. The van der Waals surface area contributed by atoms with Gasteiger partial charge in [0.2, 0.25) is 0 Å². The number of imidazole rings is 1. The van der Waals surface area contributed by atoms with E-state index in [9.17, 15) is 14.9 Å². The van der Waals surface area contributed by atoms with E-state index in [1.165, 1.54) is 6.92 Å². The Kier molecular flexibility index (Phi) is 5.20. The standard InChI is InChI=1S/C22H16N4O5/c1-3-30-18(27)12-9-15-7-10-16(11-8-15)19-21(25-13-5-4-6-17(25)23-19)22-20(26(28)29)14(2)24-31-22/h4-8,10-11,13H,3H2,1-2H3. The first-order valence-electron chi connectivity index (χ1n) is 9.37. The van der Waals surface area contributed by atoms with Crippen molar-refractivity contribution < 1.29 is 19.0 Å². The van der Waals surface area contributed by atoms with Crippen LogP contribution in [0.5, 0.6) is 0 Å². The summed E-state index contributed by atoms with van der Waals surface area (Å²) in [5.41, 5.74) is 2.81. The largest absolute Gasteiger partial charge is 0.456 e. The molecule has 4 aromatic rings. The summed E-state index contributed by atoms with van der Waals surface area (Å²) in [4.78, 5) is 27.2. The number of ether oxygens (including phenoxy) is 1. The Morgan fingerprint density at radius 3 is 2.74 bits per heavy atom. The van der Waals surface area contributed by atoms with Gasteiger partial charge in [-0.15, -0.1) is 0 Å². The molecule has 0 spiro atoms. The molecule has 0 saturated heterocycles. The number of hydrogen-bond acceptors (Lipinski definition) is 7. The number of fused-ring (bicyclic) bond motifs is 1. The lowest BCUT2D eigenvalue weighted by atomic mass is 10.1. The van der Waals surface area contributed by atoms with Crippen LogP contribution in [-0.4, -0.2) is 32.0 Å². The lowest BCUT2D eigenvalue weighted by Gasteiger charge is -2.02. The molecular weight excluding hydrogens is 400 g/mol. The highest BCUT2D eigenvalue weighted by atomic mass is 16.6. The lowest BCUT2D eigenvalue weighted by molar-refractivity contribution is -0.385. The Hall–Kier alpha value is -4.45. The second-order valence-electron chi connectivity index (χ2n) is 6.49. The highest BCUT2D eigenvalue weighted by Crippen LogP contribution is 2.39. The van der Waals surface area contributed by atoms with Crippen molar-refractivity contribution in [3.8, 4) is 34.6 Å². The van der Waals surface area contributed by atoms with E-state index in [0.29, 0.717) is 28.2 Å². The maximum atomic E-state index is 11.6. The first kappa shape index (κ1) is 19.8. The van der Waals surface area contributed by atoms with E-state index in [-0.39, 0.29) is 23.7 Å². The monoisotopic (exact) mass is 416 g/mol. The third-order valence-electron chi connectivity index (χ3n) is 4.50. The molecule has 3 aromatic heterocycles. The molecule has 9 heteroatoms. The molecule has 31 heavy (non-hydrogen) atoms. The van der Waals surface area contributed by atoms with Gasteiger partial charge in [0, 0.05) is 23.2 Å². The van der Waals surface area contributed by atoms with E-state index in [1.54, 1.807) is 53.9 Å². The Balaban J connectivity index is 1.83. The molecule has 9 nitrogen and oxygen atoms in total. The van der Waals surface area contributed by atoms with Crippen LogP contribution in [0.1, 0.15) is 18.2 Å². The Morgan fingerprint density at radius 1 is 1.26 bits per heavy atom. The summed E-state index contributed by atoms with van der Waals surface area (Å²) < 4.78 is 11.9. The molecule has 0 bridgehead atoms. The topological polar surface area (TPSA) is 113 Å². The van der Waals surface area contributed by atoms with Crippen LogP contribution >= 0.6 is 0 Å². The quantitative estimate of drug-likeness (QED) is 0.215. The minimum Gasteiger partial charge on any atom is -0.456 e. The van der Waals surface area contributed by atoms with Crippen molar-refractivity contribution in [2.75, 3.05) is 6.61 Å². The summed E-state index contributed by atoms with van der Waals surface area (Å²) in [6, 6.07) is 12.4. The summed E-state index contributed by atoms with van der Waals surface area (Å²) in [5.74, 6) is 4.59. The maximum absolute atomic E-state index is 11.6. The third kappa shape index (κ3) is 3.74. The van der Waals surface area contributed by atoms with Crippen molar-refractivity contribution in [3.05, 3.63) is 70.0 Å². The van der Waals surface area contributed by atoms with Gasteiger partial charge in [-0.1, -0.05) is 29.3 Å². The van der Waals surface area contributed by atoms with Crippen LogP contribution in [-0.2, 0) is 9.53 Å². The lowest BCUT2D eigenvalue weighted by Crippen LogP contribution is -1.99. The van der Waals surface area contributed by atoms with E-state index in [0.717, 1.165) is 0 Å². The van der Waals surface area contributed by atoms with Crippen LogP contribution in [0, 0.1) is 28.9 Å². The number of carbonyl (C=O) groups is 1. The smallest absolute Gasteiger partial charge is 0.384 e. The van der Waals surface area contributed by atoms with Gasteiger partial charge >= 0.3 is 11.7 Å². The number of nitrogens with zero attached hydrogens (tertiary/aromatic N) is 4. The van der Waals surface area contributed by atoms with Gasteiger partial charge in [0.05, 0.1) is 11.5 Å². The van der Waals surface area contributed by atoms with Crippen molar-refractivity contribution in [1.82, 2.24) is 14.5 Å². The van der Waals surface area contributed by atoms with Crippen LogP contribution in [0.3, 0.4) is 0 Å². The fraction of sp³-hybridized carbons (Fsp3) is 0.136. The second kappa shape index (κ2) is 8.12. The molecule has 4 rings (SSSR count). The van der Waals surface area contributed by atoms with Gasteiger partial charge < -0.3 is 9.26 Å². The molecule has 0 radical (unpaired) electrons. The number of pyridine rings is 1. The van der Waals surface area contributed by atoms with Crippen molar-refractivity contribution >= 4 is 17.3 Å². The molecule has 0 aliphatic heterocycles. The minimum atomic E-state index is -0.595. The Morgan fingerprint density at radius 2 is 2.03 bits per heavy atom. The molecule has 1 aromatic carbocycles. The first-order chi connectivity index (χ1) is 15.0. The summed E-state index contributed by atoms with van der Waals surface area (Å²) in [6.45, 7) is 3.49. The predicted molar refractivity (Wildman–Crippen MR) is 111 cm³/mol. The number of esters is 1. The van der Waals surface area contributed by atoms with Crippen LogP contribution in [0.4, 0.5) is 5.69 Å². The number of hydrogen-bond donors (Lipinski definition) is 0. The van der Waals surface area contributed by atoms with E-state index in [4.69, 9.17) is 9.26 Å². The number of carbonyl (C=O) groups excluding carboxylic acids is 1. The number of aromatic nitrogens is 3. The van der Waals surface area contributed by atoms with Crippen LogP contribution in [0.25, 0.3) is 28.4 Å². The molecule has 0 aliphatic rings. The van der Waals surface area contributed by atoms with Gasteiger partial charge in [0.1, 0.15) is 17.0 Å². The third-order valence-corrected chi connectivity index (χ3v) is 4.50. The van der Waals surface area contributed by atoms with Crippen LogP contribution in [0.15, 0.2) is 53.2 Å². The molecule has 0 atom stereocenters. The molecule has 0 aliphatic carbocycles. The molecule has 0 amide bonds. The highest BCUT2D eigenvalue weighted by Gasteiger charge is 2.31. The van der Waals surface area contributed by atoms with Crippen molar-refractivity contribution in [3.63, 3.8) is 0 Å². The zero-order valence-electron chi connectivity index (χ0n) is 16.7. The molecule has 3 heterocycles. The first-order valence-corrected chi connectivity index (χ1v) is 9.37. The van der Waals surface area contributed by atoms with Gasteiger partial charge in [-0.05, 0) is 38.1 Å². The van der Waals surface area contributed by atoms with Crippen LogP contribution < -0.4 is 0 Å². The fourth-order valence-corrected chi connectivity index (χ4v) is 3.15. The van der Waals surface area contributed by atoms with E-state index in [2.05, 4.69) is 22.0 Å². The number of nitro groups is 1. The molecule has 154 valence electrons. The summed E-state index contributed by atoms with van der Waals surface area (Å²) in [5, 5.41) is 15.4. The van der Waals surface area contributed by atoms with Crippen molar-refractivity contribution in [2.24, 2.45) is 0 Å². The number of rotatable bonds is 4. The molecular formula is C22H16N4O5. The number of aryl methyl sites for hydroxylation is 1. The van der Waals surface area contributed by atoms with E-state index < -0.39 is 10.9 Å². The normalized spacial score (nSPS) is 10.5. The summed E-state index contributed by atoms with van der Waals surface area (Å²) in [6.07, 6.45) is 1.75. The Bertz CT molecular complexity index is 1360. The fourth-order valence-electron chi connectivity index (χ4n) is 3.15. The van der Waals surface area contributed by atoms with Crippen LogP contribution in [0.2, 0.25) is 0 Å². The molecule has 0 N–H and O–H groups in total. The second-order valence-corrected chi connectivity index (χ2v) is 6.49. The summed E-state index contributed by atoms with van der Waals surface area (Å²) >= 11 is 0. The van der Waals surface area contributed by atoms with E-state index >= 15 is 0 Å². The van der Waals surface area contributed by atoms with Gasteiger partial charge in [-0.3, -0.25) is 14.5 Å². The van der Waals surface area contributed by atoms with Gasteiger partial charge in [-0.25, -0.2) is 9.78 Å². The predicted octanol–water partition coefficient (Wildman–Crippen LogP) is 3.79. The average Bonchev–Trinajstić information content (AvgIpc) is 3.33. The summed E-state index contributed by atoms with van der Waals surface area (Å²) in [7, 11) is 0. The molecule has 0 fully saturated rings. The van der Waals surface area contributed by atoms with E-state index in [1.807, 2.05) is 6.07 Å². The average molecular weight is 416 g/mol. The maximum Gasteiger partial charge on any atom is 0.384 e. The molecule has 0 saturated carbocycles. The van der Waals surface area contributed by atoms with Crippen molar-refractivity contribution in [2.45, 2.75) is 13.8 Å². The number of benzene rings is 1. The Labute approximate surface area is 176 Å².